The van der Waals surface area contributed by atoms with Crippen molar-refractivity contribution in [3.05, 3.63) is 30.1 Å². The summed E-state index contributed by atoms with van der Waals surface area (Å²) in [6.45, 7) is 0.410. The Morgan fingerprint density at radius 1 is 1.30 bits per heavy atom. The Morgan fingerprint density at radius 2 is 2.05 bits per heavy atom. The first-order valence-electron chi connectivity index (χ1n) is 7.06. The Kier molecular flexibility index (Phi) is 3.42. The number of carbonyl (C=O) groups excluding carboxylic acids is 1. The average molecular weight is 274 g/mol. The molecule has 1 aromatic heterocycles. The number of nitrogens with zero attached hydrogens (tertiary/aromatic N) is 1. The quantitative estimate of drug-likeness (QED) is 0.871. The molecule has 0 aromatic carbocycles. The van der Waals surface area contributed by atoms with Gasteiger partial charge in [0.15, 0.2) is 0 Å². The van der Waals surface area contributed by atoms with Gasteiger partial charge in [0.25, 0.3) is 0 Å². The number of carbonyl (C=O) groups is 2. The summed E-state index contributed by atoms with van der Waals surface area (Å²) in [4.78, 5) is 27.7. The lowest BCUT2D eigenvalue weighted by atomic mass is 9.78. The average Bonchev–Trinajstić information content (AvgIpc) is 3.06. The van der Waals surface area contributed by atoms with Crippen LogP contribution in [0.4, 0.5) is 0 Å². The van der Waals surface area contributed by atoms with E-state index in [-0.39, 0.29) is 23.7 Å². The second-order valence-electron chi connectivity index (χ2n) is 5.80. The molecule has 0 radical (unpaired) electrons. The molecular weight excluding hydrogens is 256 g/mol. The molecule has 20 heavy (non-hydrogen) atoms. The first-order valence-corrected chi connectivity index (χ1v) is 7.06. The van der Waals surface area contributed by atoms with Gasteiger partial charge in [-0.2, -0.15) is 0 Å². The highest BCUT2D eigenvalue weighted by atomic mass is 16.4. The van der Waals surface area contributed by atoms with Crippen LogP contribution in [0, 0.1) is 23.7 Å². The summed E-state index contributed by atoms with van der Waals surface area (Å²) in [5.74, 6) is -1.36. The topological polar surface area (TPSA) is 79.3 Å². The lowest BCUT2D eigenvalue weighted by Crippen LogP contribution is -2.41. The van der Waals surface area contributed by atoms with E-state index >= 15 is 0 Å². The molecule has 1 amide bonds. The molecule has 1 aromatic rings. The molecule has 0 unspecified atom stereocenters. The van der Waals surface area contributed by atoms with Crippen molar-refractivity contribution in [2.45, 2.75) is 25.8 Å². The van der Waals surface area contributed by atoms with Gasteiger partial charge >= 0.3 is 5.97 Å². The number of nitrogens with one attached hydrogen (secondary N) is 1. The van der Waals surface area contributed by atoms with Crippen LogP contribution in [0.3, 0.4) is 0 Å². The number of fused-ring (bicyclic) bond motifs is 2. The summed E-state index contributed by atoms with van der Waals surface area (Å²) in [7, 11) is 0. The summed E-state index contributed by atoms with van der Waals surface area (Å²) in [5, 5.41) is 12.2. The largest absolute Gasteiger partial charge is 0.481 e. The zero-order chi connectivity index (χ0) is 14.1. The van der Waals surface area contributed by atoms with Crippen LogP contribution in [0.5, 0.6) is 0 Å². The maximum Gasteiger partial charge on any atom is 0.307 e. The second-order valence-corrected chi connectivity index (χ2v) is 5.80. The van der Waals surface area contributed by atoms with Gasteiger partial charge in [-0.15, -0.1) is 0 Å². The predicted molar refractivity (Wildman–Crippen MR) is 71.5 cm³/mol. The van der Waals surface area contributed by atoms with E-state index in [0.717, 1.165) is 24.8 Å². The molecule has 0 spiro atoms. The van der Waals surface area contributed by atoms with Gasteiger partial charge in [0.05, 0.1) is 11.8 Å². The van der Waals surface area contributed by atoms with Gasteiger partial charge in [0.2, 0.25) is 5.91 Å². The zero-order valence-corrected chi connectivity index (χ0v) is 11.2. The minimum absolute atomic E-state index is 0.117. The van der Waals surface area contributed by atoms with Crippen molar-refractivity contribution >= 4 is 11.9 Å². The molecule has 1 heterocycles. The molecular formula is C15H18N2O3. The van der Waals surface area contributed by atoms with Crippen molar-refractivity contribution in [2.75, 3.05) is 0 Å². The SMILES string of the molecule is O=C(O)[C@@H]1[C@H]2CC[C@@H](C2)[C@H]1C(=O)NCc1cccnc1. The number of carboxylic acids is 1. The third kappa shape index (κ3) is 2.28. The van der Waals surface area contributed by atoms with E-state index in [1.165, 1.54) is 0 Å². The molecule has 2 saturated carbocycles. The van der Waals surface area contributed by atoms with Gasteiger partial charge in [-0.1, -0.05) is 6.07 Å². The lowest BCUT2D eigenvalue weighted by Gasteiger charge is -2.27. The number of hydrogen-bond acceptors (Lipinski definition) is 3. The van der Waals surface area contributed by atoms with Crippen molar-refractivity contribution in [3.8, 4) is 0 Å². The Hall–Kier alpha value is -1.91. The summed E-state index contributed by atoms with van der Waals surface area (Å²) in [5.41, 5.74) is 0.927. The van der Waals surface area contributed by atoms with E-state index in [9.17, 15) is 14.7 Å². The van der Waals surface area contributed by atoms with Gasteiger partial charge < -0.3 is 10.4 Å². The maximum atomic E-state index is 12.3. The monoisotopic (exact) mass is 274 g/mol. The smallest absolute Gasteiger partial charge is 0.307 e. The molecule has 4 atom stereocenters. The summed E-state index contributed by atoms with van der Waals surface area (Å²) in [6, 6.07) is 3.71. The maximum absolute atomic E-state index is 12.3. The Labute approximate surface area is 117 Å². The molecule has 106 valence electrons. The number of aliphatic carboxylic acids is 1. The van der Waals surface area contributed by atoms with Gasteiger partial charge in [-0.25, -0.2) is 0 Å². The standard InChI is InChI=1S/C15H18N2O3/c18-14(17-8-9-2-1-5-16-7-9)12-10-3-4-11(6-10)13(12)15(19)20/h1-2,5,7,10-13H,3-4,6,8H2,(H,17,18)(H,19,20)/t10-,11-,12+,13+/m0/s1. The second kappa shape index (κ2) is 5.23. The van der Waals surface area contributed by atoms with Crippen molar-refractivity contribution < 1.29 is 14.7 Å². The number of carboxylic acid groups (broad SMARTS) is 1. The van der Waals surface area contributed by atoms with Crippen LogP contribution in [-0.2, 0) is 16.1 Å². The zero-order valence-electron chi connectivity index (χ0n) is 11.2. The van der Waals surface area contributed by atoms with Crippen LogP contribution in [-0.4, -0.2) is 22.0 Å². The van der Waals surface area contributed by atoms with Gasteiger partial charge in [-0.3, -0.25) is 14.6 Å². The predicted octanol–water partition coefficient (Wildman–Crippen LogP) is 1.44. The Bertz CT molecular complexity index is 517. The highest BCUT2D eigenvalue weighted by Crippen LogP contribution is 2.52. The number of pyridine rings is 1. The summed E-state index contributed by atoms with van der Waals surface area (Å²) in [6.07, 6.45) is 6.22. The van der Waals surface area contributed by atoms with Gasteiger partial charge in [0.1, 0.15) is 0 Å². The van der Waals surface area contributed by atoms with E-state index in [1.54, 1.807) is 12.4 Å². The van der Waals surface area contributed by atoms with Crippen LogP contribution in [0.25, 0.3) is 0 Å². The summed E-state index contributed by atoms with van der Waals surface area (Å²) < 4.78 is 0. The third-order valence-electron chi connectivity index (χ3n) is 4.69. The van der Waals surface area contributed by atoms with Crippen LogP contribution < -0.4 is 5.32 Å². The van der Waals surface area contributed by atoms with Crippen LogP contribution in [0.15, 0.2) is 24.5 Å². The van der Waals surface area contributed by atoms with Crippen molar-refractivity contribution in [1.29, 1.82) is 0 Å². The molecule has 3 rings (SSSR count). The molecule has 2 aliphatic carbocycles. The fourth-order valence-corrected chi connectivity index (χ4v) is 3.83. The molecule has 2 N–H and O–H groups in total. The van der Waals surface area contributed by atoms with E-state index in [0.29, 0.717) is 6.54 Å². The summed E-state index contributed by atoms with van der Waals surface area (Å²) >= 11 is 0. The van der Waals surface area contributed by atoms with Crippen molar-refractivity contribution in [1.82, 2.24) is 10.3 Å². The molecule has 0 saturated heterocycles. The van der Waals surface area contributed by atoms with Crippen molar-refractivity contribution in [3.63, 3.8) is 0 Å². The minimum atomic E-state index is -0.821. The van der Waals surface area contributed by atoms with Gasteiger partial charge in [-0.05, 0) is 42.7 Å². The molecule has 0 aliphatic heterocycles. The minimum Gasteiger partial charge on any atom is -0.481 e. The molecule has 5 nitrogen and oxygen atoms in total. The lowest BCUT2D eigenvalue weighted by molar-refractivity contribution is -0.149. The number of rotatable bonds is 4. The highest BCUT2D eigenvalue weighted by molar-refractivity contribution is 5.86. The highest BCUT2D eigenvalue weighted by Gasteiger charge is 2.53. The van der Waals surface area contributed by atoms with Crippen molar-refractivity contribution in [2.24, 2.45) is 23.7 Å². The van der Waals surface area contributed by atoms with E-state index in [1.807, 2.05) is 12.1 Å². The first kappa shape index (κ1) is 13.1. The number of aromatic nitrogens is 1. The van der Waals surface area contributed by atoms with Crippen LogP contribution in [0.2, 0.25) is 0 Å². The fourth-order valence-electron chi connectivity index (χ4n) is 3.83. The van der Waals surface area contributed by atoms with Crippen LogP contribution in [0.1, 0.15) is 24.8 Å². The van der Waals surface area contributed by atoms with Gasteiger partial charge in [0, 0.05) is 18.9 Å². The van der Waals surface area contributed by atoms with E-state index < -0.39 is 11.9 Å². The molecule has 5 heteroatoms. The first-order chi connectivity index (χ1) is 9.66. The Balaban J connectivity index is 1.66. The molecule has 2 aliphatic rings. The molecule has 2 bridgehead atoms. The normalized spacial score (nSPS) is 31.2. The number of amides is 1. The molecule has 2 fully saturated rings. The fraction of sp³-hybridized carbons (Fsp3) is 0.533. The third-order valence-corrected chi connectivity index (χ3v) is 4.69. The Morgan fingerprint density at radius 3 is 2.70 bits per heavy atom. The number of hydrogen-bond donors (Lipinski definition) is 2. The van der Waals surface area contributed by atoms with Crippen LogP contribution >= 0.6 is 0 Å². The van der Waals surface area contributed by atoms with E-state index in [2.05, 4.69) is 10.3 Å². The van der Waals surface area contributed by atoms with E-state index in [4.69, 9.17) is 0 Å².